The highest BCUT2D eigenvalue weighted by Gasteiger charge is 2.33. The number of likely N-dealkylation sites (tertiary alicyclic amines) is 1. The third-order valence-corrected chi connectivity index (χ3v) is 6.22. The summed E-state index contributed by atoms with van der Waals surface area (Å²) in [5.74, 6) is 0.283. The average molecular weight is 365 g/mol. The molecule has 2 saturated heterocycles. The zero-order valence-corrected chi connectivity index (χ0v) is 16.4. The molecule has 1 saturated carbocycles. The van der Waals surface area contributed by atoms with Gasteiger partial charge in [-0.15, -0.1) is 0 Å². The molecule has 1 aliphatic carbocycles. The average Bonchev–Trinajstić information content (AvgIpc) is 2.69. The van der Waals surface area contributed by atoms with E-state index in [1.807, 2.05) is 9.80 Å². The first kappa shape index (κ1) is 19.5. The van der Waals surface area contributed by atoms with Crippen molar-refractivity contribution in [2.75, 3.05) is 39.3 Å². The number of urea groups is 1. The molecule has 1 N–H and O–H groups in total. The highest BCUT2D eigenvalue weighted by atomic mass is 16.2. The van der Waals surface area contributed by atoms with Crippen LogP contribution in [0.1, 0.15) is 64.7 Å². The van der Waals surface area contributed by atoms with Crippen LogP contribution in [0.3, 0.4) is 0 Å². The summed E-state index contributed by atoms with van der Waals surface area (Å²) in [6.45, 7) is 6.91. The van der Waals surface area contributed by atoms with E-state index in [-0.39, 0.29) is 18.0 Å². The van der Waals surface area contributed by atoms with Crippen molar-refractivity contribution in [1.82, 2.24) is 20.0 Å². The Morgan fingerprint density at radius 2 is 1.50 bits per heavy atom. The number of carbonyl (C=O) groups excluding carboxylic acids is 2. The first-order valence-corrected chi connectivity index (χ1v) is 10.8. The molecule has 2 aliphatic heterocycles. The number of nitrogens with zero attached hydrogens (tertiary/aromatic N) is 3. The Kier molecular flexibility index (Phi) is 7.17. The van der Waals surface area contributed by atoms with Crippen LogP contribution in [-0.2, 0) is 4.79 Å². The van der Waals surface area contributed by atoms with Crippen molar-refractivity contribution < 1.29 is 9.59 Å². The SMILES string of the molecule is CCCN1CCCCC1C(=O)N1CCN(C(=O)NC2CCCCC2)CC1. The van der Waals surface area contributed by atoms with Gasteiger partial charge in [0, 0.05) is 32.2 Å². The molecule has 3 fully saturated rings. The van der Waals surface area contributed by atoms with E-state index in [1.54, 1.807) is 0 Å². The van der Waals surface area contributed by atoms with E-state index in [4.69, 9.17) is 0 Å². The largest absolute Gasteiger partial charge is 0.338 e. The Hall–Kier alpha value is -1.30. The van der Waals surface area contributed by atoms with Crippen molar-refractivity contribution in [3.8, 4) is 0 Å². The van der Waals surface area contributed by atoms with E-state index in [2.05, 4.69) is 17.1 Å². The lowest BCUT2D eigenvalue weighted by Crippen LogP contribution is -2.58. The van der Waals surface area contributed by atoms with Gasteiger partial charge in [0.2, 0.25) is 5.91 Å². The van der Waals surface area contributed by atoms with E-state index < -0.39 is 0 Å². The lowest BCUT2D eigenvalue weighted by Gasteiger charge is -2.41. The number of nitrogens with one attached hydrogen (secondary N) is 1. The molecule has 3 rings (SSSR count). The van der Waals surface area contributed by atoms with E-state index >= 15 is 0 Å². The highest BCUT2D eigenvalue weighted by Crippen LogP contribution is 2.21. The van der Waals surface area contributed by atoms with Crippen molar-refractivity contribution in [3.63, 3.8) is 0 Å². The van der Waals surface area contributed by atoms with Crippen molar-refractivity contribution >= 4 is 11.9 Å². The summed E-state index contributed by atoms with van der Waals surface area (Å²) in [5, 5.41) is 3.20. The predicted molar refractivity (Wildman–Crippen MR) is 103 cm³/mol. The maximum absolute atomic E-state index is 13.0. The zero-order valence-electron chi connectivity index (χ0n) is 16.4. The fourth-order valence-electron chi connectivity index (χ4n) is 4.68. The molecule has 2 heterocycles. The molecule has 0 spiro atoms. The van der Waals surface area contributed by atoms with Gasteiger partial charge in [-0.05, 0) is 45.2 Å². The summed E-state index contributed by atoms with van der Waals surface area (Å²) >= 11 is 0. The highest BCUT2D eigenvalue weighted by molar-refractivity contribution is 5.82. The molecule has 6 nitrogen and oxygen atoms in total. The van der Waals surface area contributed by atoms with Crippen LogP contribution in [0.25, 0.3) is 0 Å². The van der Waals surface area contributed by atoms with Crippen LogP contribution < -0.4 is 5.32 Å². The first-order chi connectivity index (χ1) is 12.7. The van der Waals surface area contributed by atoms with Crippen molar-refractivity contribution in [2.24, 2.45) is 0 Å². The summed E-state index contributed by atoms with van der Waals surface area (Å²) in [4.78, 5) is 31.7. The van der Waals surface area contributed by atoms with Crippen molar-refractivity contribution in [1.29, 1.82) is 0 Å². The molecule has 0 radical (unpaired) electrons. The van der Waals surface area contributed by atoms with E-state index in [0.717, 1.165) is 45.2 Å². The summed E-state index contributed by atoms with van der Waals surface area (Å²) in [6.07, 6.45) is 10.4. The zero-order chi connectivity index (χ0) is 18.4. The van der Waals surface area contributed by atoms with E-state index in [1.165, 1.54) is 25.7 Å². The van der Waals surface area contributed by atoms with Crippen molar-refractivity contribution in [3.05, 3.63) is 0 Å². The molecule has 148 valence electrons. The van der Waals surface area contributed by atoms with Gasteiger partial charge >= 0.3 is 6.03 Å². The molecular weight excluding hydrogens is 328 g/mol. The third-order valence-electron chi connectivity index (χ3n) is 6.22. The van der Waals surface area contributed by atoms with Crippen LogP contribution in [0, 0.1) is 0 Å². The maximum atomic E-state index is 13.0. The van der Waals surface area contributed by atoms with Gasteiger partial charge in [-0.3, -0.25) is 9.69 Å². The number of rotatable bonds is 4. The number of carbonyl (C=O) groups is 2. The number of piperazine rings is 1. The predicted octanol–water partition coefficient (Wildman–Crippen LogP) is 2.44. The van der Waals surface area contributed by atoms with Gasteiger partial charge in [0.15, 0.2) is 0 Å². The van der Waals surface area contributed by atoms with Gasteiger partial charge in [0.25, 0.3) is 0 Å². The Labute approximate surface area is 158 Å². The monoisotopic (exact) mass is 364 g/mol. The Morgan fingerprint density at radius 3 is 2.19 bits per heavy atom. The third kappa shape index (κ3) is 4.90. The number of hydrogen-bond acceptors (Lipinski definition) is 3. The van der Waals surface area contributed by atoms with Crippen LogP contribution in [0.5, 0.6) is 0 Å². The standard InChI is InChI=1S/C20H36N4O2/c1-2-11-22-12-7-6-10-18(22)19(25)23-13-15-24(16-14-23)20(26)21-17-8-4-3-5-9-17/h17-18H,2-16H2,1H3,(H,21,26). The minimum atomic E-state index is 0.0614. The maximum Gasteiger partial charge on any atom is 0.317 e. The van der Waals surface area contributed by atoms with Crippen LogP contribution in [0.4, 0.5) is 4.79 Å². The topological polar surface area (TPSA) is 55.9 Å². The van der Waals surface area contributed by atoms with Crippen LogP contribution in [-0.4, -0.2) is 78.0 Å². The molecule has 0 aromatic rings. The molecule has 1 unspecified atom stereocenters. The van der Waals surface area contributed by atoms with E-state index in [0.29, 0.717) is 32.2 Å². The van der Waals surface area contributed by atoms with Crippen LogP contribution >= 0.6 is 0 Å². The molecule has 3 amide bonds. The minimum absolute atomic E-state index is 0.0614. The molecule has 1 atom stereocenters. The summed E-state index contributed by atoms with van der Waals surface area (Å²) < 4.78 is 0. The molecule has 26 heavy (non-hydrogen) atoms. The molecule has 3 aliphatic rings. The van der Waals surface area contributed by atoms with Gasteiger partial charge in [-0.1, -0.05) is 32.6 Å². The quantitative estimate of drug-likeness (QED) is 0.834. The van der Waals surface area contributed by atoms with Gasteiger partial charge < -0.3 is 15.1 Å². The number of piperidine rings is 1. The second kappa shape index (κ2) is 9.58. The smallest absolute Gasteiger partial charge is 0.317 e. The normalized spacial score (nSPS) is 26.0. The van der Waals surface area contributed by atoms with E-state index in [9.17, 15) is 9.59 Å². The fourth-order valence-corrected chi connectivity index (χ4v) is 4.68. The minimum Gasteiger partial charge on any atom is -0.338 e. The number of hydrogen-bond donors (Lipinski definition) is 1. The Balaban J connectivity index is 1.46. The van der Waals surface area contributed by atoms with Gasteiger partial charge in [0.05, 0.1) is 6.04 Å². The number of amides is 3. The second-order valence-electron chi connectivity index (χ2n) is 8.14. The molecular formula is C20H36N4O2. The van der Waals surface area contributed by atoms with Gasteiger partial charge in [0.1, 0.15) is 0 Å². The summed E-state index contributed by atoms with van der Waals surface area (Å²) in [5.41, 5.74) is 0. The fraction of sp³-hybridized carbons (Fsp3) is 0.900. The Morgan fingerprint density at radius 1 is 0.846 bits per heavy atom. The molecule has 0 aromatic carbocycles. The van der Waals surface area contributed by atoms with Crippen LogP contribution in [0.2, 0.25) is 0 Å². The second-order valence-corrected chi connectivity index (χ2v) is 8.14. The lowest BCUT2D eigenvalue weighted by molar-refractivity contribution is -0.139. The first-order valence-electron chi connectivity index (χ1n) is 10.8. The van der Waals surface area contributed by atoms with Crippen LogP contribution in [0.15, 0.2) is 0 Å². The lowest BCUT2D eigenvalue weighted by atomic mass is 9.96. The summed E-state index contributed by atoms with van der Waals surface area (Å²) in [7, 11) is 0. The van der Waals surface area contributed by atoms with Crippen molar-refractivity contribution in [2.45, 2.75) is 76.8 Å². The molecule has 0 aromatic heterocycles. The molecule has 6 heteroatoms. The van der Waals surface area contributed by atoms with Gasteiger partial charge in [-0.2, -0.15) is 0 Å². The summed E-state index contributed by atoms with van der Waals surface area (Å²) in [6, 6.07) is 0.473. The molecule has 0 bridgehead atoms. The Bertz CT molecular complexity index is 468. The van der Waals surface area contributed by atoms with Gasteiger partial charge in [-0.25, -0.2) is 4.79 Å².